The van der Waals surface area contributed by atoms with Crippen molar-refractivity contribution < 1.29 is 0 Å². The van der Waals surface area contributed by atoms with Crippen LogP contribution >= 0.6 is 0 Å². The summed E-state index contributed by atoms with van der Waals surface area (Å²) in [5, 5.41) is 20.2. The molecule has 0 fully saturated rings. The lowest BCUT2D eigenvalue weighted by atomic mass is 10.1. The molecule has 0 atom stereocenters. The van der Waals surface area contributed by atoms with Crippen molar-refractivity contribution in [2.75, 3.05) is 5.32 Å². The molecule has 0 unspecified atom stereocenters. The number of hydrogen-bond donors (Lipinski definition) is 3. The Morgan fingerprint density at radius 2 is 1.91 bits per heavy atom. The van der Waals surface area contributed by atoms with E-state index in [1.807, 2.05) is 62.4 Å². The third-order valence-corrected chi connectivity index (χ3v) is 5.88. The Kier molecular flexibility index (Phi) is 5.47. The largest absolute Gasteiger partial charge is 0.364 e. The second-order valence-corrected chi connectivity index (χ2v) is 8.09. The van der Waals surface area contributed by atoms with Gasteiger partial charge < -0.3 is 5.32 Å². The van der Waals surface area contributed by atoms with Gasteiger partial charge in [-0.25, -0.2) is 9.97 Å². The van der Waals surface area contributed by atoms with Crippen molar-refractivity contribution in [2.45, 2.75) is 20.4 Å². The summed E-state index contributed by atoms with van der Waals surface area (Å²) < 4.78 is 1.76. The first-order chi connectivity index (χ1) is 16.5. The quantitative estimate of drug-likeness (QED) is 0.337. The van der Waals surface area contributed by atoms with E-state index >= 15 is 0 Å². The van der Waals surface area contributed by atoms with Gasteiger partial charge in [0.1, 0.15) is 12.1 Å². The normalized spacial score (nSPS) is 11.0. The number of anilines is 1. The molecule has 8 nitrogen and oxygen atoms in total. The van der Waals surface area contributed by atoms with Crippen LogP contribution in [0.5, 0.6) is 0 Å². The van der Waals surface area contributed by atoms with Crippen molar-refractivity contribution in [3.05, 3.63) is 112 Å². The number of H-pyrrole nitrogens is 1. The first-order valence-electron chi connectivity index (χ1n) is 10.9. The zero-order chi connectivity index (χ0) is 23.7. The summed E-state index contributed by atoms with van der Waals surface area (Å²) >= 11 is 0. The second kappa shape index (κ2) is 8.74. The molecule has 0 aliphatic rings. The molecule has 2 aromatic carbocycles. The first-order valence-corrected chi connectivity index (χ1v) is 10.9. The van der Waals surface area contributed by atoms with Crippen LogP contribution in [0.1, 0.15) is 28.1 Å². The Hall–Kier alpha value is -4.59. The van der Waals surface area contributed by atoms with Crippen LogP contribution in [0.25, 0.3) is 16.5 Å². The van der Waals surface area contributed by atoms with Gasteiger partial charge in [-0.3, -0.25) is 19.9 Å². The Balaban J connectivity index is 1.61. The molecule has 5 aromatic rings. The zero-order valence-electron chi connectivity index (χ0n) is 18.8. The first kappa shape index (κ1) is 21.3. The minimum atomic E-state index is -0.0604. The number of rotatable bonds is 6. The average molecular weight is 450 g/mol. The predicted molar refractivity (Wildman–Crippen MR) is 133 cm³/mol. The van der Waals surface area contributed by atoms with Gasteiger partial charge in [-0.05, 0) is 48.6 Å². The fourth-order valence-corrected chi connectivity index (χ4v) is 4.17. The molecular formula is C26H23N7O. The SMILES string of the molecule is Cc1ccccc1-n1c(CNc2ncncc2C(=N)c2ccn[nH]2)cc2cccc(C)c2c1=O. The minimum absolute atomic E-state index is 0.0604. The number of aryl methyl sites for hydroxylation is 2. The minimum Gasteiger partial charge on any atom is -0.364 e. The molecule has 5 rings (SSSR count). The monoisotopic (exact) mass is 449 g/mol. The highest BCUT2D eigenvalue weighted by molar-refractivity contribution is 6.12. The fourth-order valence-electron chi connectivity index (χ4n) is 4.17. The number of aromatic amines is 1. The highest BCUT2D eigenvalue weighted by Gasteiger charge is 2.16. The molecule has 0 aliphatic heterocycles. The van der Waals surface area contributed by atoms with Crippen LogP contribution in [0.4, 0.5) is 5.82 Å². The molecule has 0 saturated carbocycles. The molecule has 168 valence electrons. The van der Waals surface area contributed by atoms with E-state index in [1.165, 1.54) is 6.33 Å². The topological polar surface area (TPSA) is 112 Å². The number of fused-ring (bicyclic) bond motifs is 1. The van der Waals surface area contributed by atoms with Gasteiger partial charge in [0.15, 0.2) is 0 Å². The molecule has 0 radical (unpaired) electrons. The lowest BCUT2D eigenvalue weighted by Crippen LogP contribution is -2.25. The number of nitrogens with one attached hydrogen (secondary N) is 3. The van der Waals surface area contributed by atoms with Crippen LogP contribution in [0.2, 0.25) is 0 Å². The van der Waals surface area contributed by atoms with Crippen molar-refractivity contribution in [1.82, 2.24) is 24.7 Å². The predicted octanol–water partition coefficient (Wildman–Crippen LogP) is 4.15. The summed E-state index contributed by atoms with van der Waals surface area (Å²) in [4.78, 5) is 22.2. The van der Waals surface area contributed by atoms with Gasteiger partial charge in [-0.2, -0.15) is 5.10 Å². The molecule has 3 N–H and O–H groups in total. The standard InChI is InChI=1S/C26H23N7O/c1-16-6-3-4-9-22(16)33-19(12-18-8-5-7-17(2)23(18)26(33)34)13-29-25-20(14-28-15-30-25)24(27)21-10-11-31-32-21/h3-12,14-15,27H,13H2,1-2H3,(H,31,32)(H,28,29,30). The number of nitrogens with zero attached hydrogens (tertiary/aromatic N) is 4. The number of hydrogen-bond acceptors (Lipinski definition) is 6. The van der Waals surface area contributed by atoms with E-state index in [2.05, 4.69) is 25.5 Å². The smallest absolute Gasteiger partial charge is 0.263 e. The summed E-state index contributed by atoms with van der Waals surface area (Å²) in [5.41, 5.74) is 4.83. The Morgan fingerprint density at radius 1 is 1.09 bits per heavy atom. The van der Waals surface area contributed by atoms with E-state index in [9.17, 15) is 4.79 Å². The van der Waals surface area contributed by atoms with Gasteiger partial charge in [0, 0.05) is 18.1 Å². The van der Waals surface area contributed by atoms with Gasteiger partial charge in [-0.1, -0.05) is 36.4 Å². The summed E-state index contributed by atoms with van der Waals surface area (Å²) in [6.07, 6.45) is 4.62. The van der Waals surface area contributed by atoms with E-state index in [1.54, 1.807) is 23.0 Å². The van der Waals surface area contributed by atoms with Gasteiger partial charge in [0.25, 0.3) is 5.56 Å². The Bertz CT molecular complexity index is 1570. The Morgan fingerprint density at radius 3 is 2.71 bits per heavy atom. The van der Waals surface area contributed by atoms with Crippen LogP contribution < -0.4 is 10.9 Å². The molecule has 0 bridgehead atoms. The number of aromatic nitrogens is 5. The second-order valence-electron chi connectivity index (χ2n) is 8.09. The maximum atomic E-state index is 13.7. The lowest BCUT2D eigenvalue weighted by molar-refractivity contribution is 0.882. The highest BCUT2D eigenvalue weighted by Crippen LogP contribution is 2.22. The van der Waals surface area contributed by atoms with E-state index < -0.39 is 0 Å². The molecule has 34 heavy (non-hydrogen) atoms. The van der Waals surface area contributed by atoms with E-state index in [0.29, 0.717) is 29.0 Å². The molecule has 3 heterocycles. The molecule has 3 aromatic heterocycles. The number of pyridine rings is 1. The van der Waals surface area contributed by atoms with E-state index in [4.69, 9.17) is 5.41 Å². The van der Waals surface area contributed by atoms with Crippen LogP contribution in [0.15, 0.2) is 78.1 Å². The molecule has 8 heteroatoms. The van der Waals surface area contributed by atoms with Gasteiger partial charge in [0.05, 0.1) is 34.6 Å². The van der Waals surface area contributed by atoms with Crippen LogP contribution in [0, 0.1) is 19.3 Å². The molecule has 0 aliphatic carbocycles. The molecule has 0 saturated heterocycles. The average Bonchev–Trinajstić information content (AvgIpc) is 3.38. The van der Waals surface area contributed by atoms with Crippen molar-refractivity contribution in [2.24, 2.45) is 0 Å². The summed E-state index contributed by atoms with van der Waals surface area (Å²) in [6, 6.07) is 17.5. The van der Waals surface area contributed by atoms with Crippen LogP contribution in [-0.4, -0.2) is 30.4 Å². The van der Waals surface area contributed by atoms with E-state index in [-0.39, 0.29) is 11.3 Å². The summed E-state index contributed by atoms with van der Waals surface area (Å²) in [7, 11) is 0. The summed E-state index contributed by atoms with van der Waals surface area (Å²) in [6.45, 7) is 4.28. The van der Waals surface area contributed by atoms with Gasteiger partial charge >= 0.3 is 0 Å². The van der Waals surface area contributed by atoms with E-state index in [0.717, 1.165) is 27.9 Å². The number of benzene rings is 2. The fraction of sp³-hybridized carbons (Fsp3) is 0.115. The van der Waals surface area contributed by atoms with Gasteiger partial charge in [-0.15, -0.1) is 0 Å². The summed E-state index contributed by atoms with van der Waals surface area (Å²) in [5.74, 6) is 0.503. The Labute approximate surface area is 195 Å². The van der Waals surface area contributed by atoms with Crippen molar-refractivity contribution in [3.8, 4) is 5.69 Å². The van der Waals surface area contributed by atoms with Gasteiger partial charge in [0.2, 0.25) is 0 Å². The van der Waals surface area contributed by atoms with Crippen molar-refractivity contribution in [3.63, 3.8) is 0 Å². The van der Waals surface area contributed by atoms with Crippen molar-refractivity contribution >= 4 is 22.3 Å². The third kappa shape index (κ3) is 3.75. The van der Waals surface area contributed by atoms with Crippen molar-refractivity contribution in [1.29, 1.82) is 5.41 Å². The van der Waals surface area contributed by atoms with Crippen LogP contribution in [0.3, 0.4) is 0 Å². The maximum Gasteiger partial charge on any atom is 0.263 e. The molecular weight excluding hydrogens is 426 g/mol. The molecule has 0 spiro atoms. The van der Waals surface area contributed by atoms with Crippen LogP contribution in [-0.2, 0) is 6.54 Å². The maximum absolute atomic E-state index is 13.7. The lowest BCUT2D eigenvalue weighted by Gasteiger charge is -2.18. The zero-order valence-corrected chi connectivity index (χ0v) is 18.8. The number of para-hydroxylation sites is 1. The third-order valence-electron chi connectivity index (χ3n) is 5.88. The highest BCUT2D eigenvalue weighted by atomic mass is 16.1. The molecule has 0 amide bonds.